The first kappa shape index (κ1) is 28.3. The number of benzene rings is 3. The van der Waals surface area contributed by atoms with Gasteiger partial charge in [-0.3, -0.25) is 0 Å². The molecule has 0 fully saturated rings. The molecule has 0 unspecified atom stereocenters. The van der Waals surface area contributed by atoms with Crippen LogP contribution >= 0.6 is 0 Å². The van der Waals surface area contributed by atoms with Crippen molar-refractivity contribution in [1.29, 1.82) is 0 Å². The Morgan fingerprint density at radius 3 is 2.03 bits per heavy atom. The summed E-state index contributed by atoms with van der Waals surface area (Å²) < 4.78 is 2.13. The zero-order chi connectivity index (χ0) is 20.0. The Bertz CT molecular complexity index is 1350. The molecule has 0 aliphatic rings. The van der Waals surface area contributed by atoms with E-state index < -0.39 is 0 Å². The van der Waals surface area contributed by atoms with Crippen molar-refractivity contribution in [3.8, 4) is 5.69 Å². The average molecular weight is 600 g/mol. The zero-order valence-corrected chi connectivity index (χ0v) is 23.9. The summed E-state index contributed by atoms with van der Waals surface area (Å²) in [6, 6.07) is 25.4. The molecule has 0 saturated carbocycles. The second kappa shape index (κ2) is 11.4. The number of aromatic nitrogens is 2. The summed E-state index contributed by atoms with van der Waals surface area (Å²) in [6.45, 7) is 6.33. The molecule has 5 rings (SSSR count). The number of hydrogen-bond acceptors (Lipinski definition) is 1. The Hall–Kier alpha value is -2.72. The minimum Gasteiger partial charge on any atom is -0.436 e. The van der Waals surface area contributed by atoms with Gasteiger partial charge in [-0.15, -0.1) is 0 Å². The van der Waals surface area contributed by atoms with E-state index in [2.05, 4.69) is 98.3 Å². The van der Waals surface area contributed by atoms with Gasteiger partial charge < -0.3 is 37.1 Å². The van der Waals surface area contributed by atoms with Crippen LogP contribution in [0.1, 0.15) is 16.7 Å². The van der Waals surface area contributed by atoms with Crippen LogP contribution in [-0.2, 0) is 25.8 Å². The van der Waals surface area contributed by atoms with Crippen LogP contribution in [0.4, 0.5) is 11.5 Å². The Labute approximate surface area is 217 Å². The Balaban J connectivity index is 0.00000136. The number of fused-ring (bicyclic) bond motifs is 2. The summed E-state index contributed by atoms with van der Waals surface area (Å²) in [6.07, 6.45) is 2.08. The van der Waals surface area contributed by atoms with Crippen LogP contribution in [0.5, 0.6) is 0 Å². The molecule has 2 aromatic heterocycles. The van der Waals surface area contributed by atoms with E-state index in [4.69, 9.17) is 10.3 Å². The van der Waals surface area contributed by atoms with Gasteiger partial charge in [0.1, 0.15) is 0 Å². The maximum atomic E-state index is 4.89. The molecule has 0 aliphatic heterocycles. The van der Waals surface area contributed by atoms with E-state index in [0.29, 0.717) is 0 Å². The average Bonchev–Trinajstić information content (AvgIpc) is 3.13. The fourth-order valence-corrected chi connectivity index (χ4v) is 4.06. The Morgan fingerprint density at radius 1 is 0.697 bits per heavy atom. The van der Waals surface area contributed by atoms with Gasteiger partial charge in [-0.2, -0.15) is 0 Å². The second-order valence-electron chi connectivity index (χ2n) is 7.66. The van der Waals surface area contributed by atoms with Crippen molar-refractivity contribution in [2.24, 2.45) is 0 Å². The van der Waals surface area contributed by atoms with Gasteiger partial charge >= 0.3 is 25.8 Å². The molecule has 0 amide bonds. The molecule has 5 aromatic rings. The summed E-state index contributed by atoms with van der Waals surface area (Å²) in [5.74, 6) is 0.730. The molecule has 0 radical (unpaired) electrons. The van der Waals surface area contributed by atoms with Gasteiger partial charge in [0, 0.05) is 17.5 Å². The Morgan fingerprint density at radius 2 is 1.33 bits per heavy atom. The van der Waals surface area contributed by atoms with E-state index in [1.54, 1.807) is 0 Å². The molecule has 0 spiro atoms. The largest absolute Gasteiger partial charge is 4.00 e. The first-order chi connectivity index (χ1) is 14.1. The third-order valence-corrected chi connectivity index (χ3v) is 5.39. The second-order valence-corrected chi connectivity index (χ2v) is 7.66. The van der Waals surface area contributed by atoms with Crippen LogP contribution in [0.3, 0.4) is 0 Å². The molecular weight excluding hydrogens is 569 g/mol. The fourth-order valence-electron chi connectivity index (χ4n) is 4.06. The molecular formula is C29H31HfN3. The van der Waals surface area contributed by atoms with Crippen molar-refractivity contribution in [3.63, 3.8) is 0 Å². The van der Waals surface area contributed by atoms with Gasteiger partial charge in [-0.25, -0.2) is 0 Å². The maximum absolute atomic E-state index is 4.89. The molecule has 0 bridgehead atoms. The first-order valence-electron chi connectivity index (χ1n) is 9.85. The fraction of sp³-hybridized carbons (Fsp3) is 0.103. The zero-order valence-electron chi connectivity index (χ0n) is 20.3. The molecule has 3 aromatic carbocycles. The van der Waals surface area contributed by atoms with Crippen LogP contribution in [0.2, 0.25) is 0 Å². The van der Waals surface area contributed by atoms with Crippen LogP contribution in [0.15, 0.2) is 79.0 Å². The van der Waals surface area contributed by atoms with Crippen LogP contribution in [0, 0.1) is 43.1 Å². The maximum Gasteiger partial charge on any atom is 4.00 e. The van der Waals surface area contributed by atoms with Gasteiger partial charge in [0.05, 0.1) is 0 Å². The van der Waals surface area contributed by atoms with Crippen LogP contribution < -0.4 is 0 Å². The molecule has 0 N–H and O–H groups in total. The van der Waals surface area contributed by atoms with E-state index in [0.717, 1.165) is 28.2 Å². The van der Waals surface area contributed by atoms with Gasteiger partial charge in [0.2, 0.25) is 0 Å². The van der Waals surface area contributed by atoms with Gasteiger partial charge in [0.15, 0.2) is 0 Å². The van der Waals surface area contributed by atoms with Gasteiger partial charge in [-0.1, -0.05) is 66.0 Å². The SMILES string of the molecule is Cc1cc(C)c([N-]c2ccc3ccn(-c4ccc5ccccc5c4)c3n2)c(C)c1.[CH3-].[CH3-].[CH3-].[Hf+4]. The van der Waals surface area contributed by atoms with Crippen molar-refractivity contribution >= 4 is 33.3 Å². The van der Waals surface area contributed by atoms with Gasteiger partial charge in [0.25, 0.3) is 0 Å². The van der Waals surface area contributed by atoms with E-state index in [1.165, 1.54) is 27.5 Å². The predicted octanol–water partition coefficient (Wildman–Crippen LogP) is 8.79. The molecule has 4 heteroatoms. The van der Waals surface area contributed by atoms with Crippen molar-refractivity contribution < 1.29 is 25.8 Å². The standard InChI is InChI=1S/C26H22N3.3CH3.Hf/c1-17-14-18(2)25(19(3)15-17)27-24-11-9-21-12-13-29(26(21)28-24)23-10-8-20-6-4-5-7-22(20)16-23;;;;/h4-16H,1-3H3;3*1H3;/q4*-1;+4. The van der Waals surface area contributed by atoms with Crippen molar-refractivity contribution in [2.45, 2.75) is 20.8 Å². The predicted molar refractivity (Wildman–Crippen MR) is 141 cm³/mol. The molecule has 0 aliphatic carbocycles. The van der Waals surface area contributed by atoms with E-state index >= 15 is 0 Å². The van der Waals surface area contributed by atoms with Crippen LogP contribution in [0.25, 0.3) is 32.8 Å². The topological polar surface area (TPSA) is 31.9 Å². The summed E-state index contributed by atoms with van der Waals surface area (Å²) in [5, 5.41) is 8.44. The minimum atomic E-state index is 0. The number of pyridine rings is 1. The molecule has 0 atom stereocenters. The van der Waals surface area contributed by atoms with E-state index in [-0.39, 0.29) is 48.1 Å². The van der Waals surface area contributed by atoms with Crippen LogP contribution in [-0.4, -0.2) is 9.55 Å². The molecule has 0 saturated heterocycles. The van der Waals surface area contributed by atoms with E-state index in [1.807, 2.05) is 6.07 Å². The number of aryl methyl sites for hydroxylation is 3. The molecule has 166 valence electrons. The summed E-state index contributed by atoms with van der Waals surface area (Å²) >= 11 is 0. The normalized spacial score (nSPS) is 9.91. The van der Waals surface area contributed by atoms with Crippen molar-refractivity contribution in [3.05, 3.63) is 123 Å². The molecule has 3 nitrogen and oxygen atoms in total. The van der Waals surface area contributed by atoms with Gasteiger partial charge in [-0.05, 0) is 71.9 Å². The minimum absolute atomic E-state index is 0. The van der Waals surface area contributed by atoms with Crippen molar-refractivity contribution in [1.82, 2.24) is 9.55 Å². The summed E-state index contributed by atoms with van der Waals surface area (Å²) in [4.78, 5) is 4.89. The molecule has 33 heavy (non-hydrogen) atoms. The number of nitrogens with zero attached hydrogens (tertiary/aromatic N) is 3. The number of rotatable bonds is 3. The quantitative estimate of drug-likeness (QED) is 0.151. The number of hydrogen-bond donors (Lipinski definition) is 0. The Kier molecular flexibility index (Phi) is 9.80. The first-order valence-corrected chi connectivity index (χ1v) is 9.85. The van der Waals surface area contributed by atoms with E-state index in [9.17, 15) is 0 Å². The third-order valence-electron chi connectivity index (χ3n) is 5.39. The summed E-state index contributed by atoms with van der Waals surface area (Å²) in [5.41, 5.74) is 6.64. The summed E-state index contributed by atoms with van der Waals surface area (Å²) in [7, 11) is 0. The molecule has 2 heterocycles. The smallest absolute Gasteiger partial charge is 0.436 e. The van der Waals surface area contributed by atoms with Crippen molar-refractivity contribution in [2.75, 3.05) is 0 Å². The monoisotopic (exact) mass is 601 g/mol. The third kappa shape index (κ3) is 5.44.